The van der Waals surface area contributed by atoms with Crippen molar-refractivity contribution in [2.24, 2.45) is 0 Å². The van der Waals surface area contributed by atoms with Gasteiger partial charge in [-0.2, -0.15) is 0 Å². The van der Waals surface area contributed by atoms with Crippen LogP contribution in [-0.4, -0.2) is 6.61 Å². The molecule has 0 saturated carbocycles. The Morgan fingerprint density at radius 2 is 2.18 bits per heavy atom. The van der Waals surface area contributed by atoms with Crippen LogP contribution in [0.1, 0.15) is 12.5 Å². The Bertz CT molecular complexity index is 245. The Balaban J connectivity index is 2.96. The first kappa shape index (κ1) is 8.05. The highest BCUT2D eigenvalue weighted by atomic mass is 19.1. The van der Waals surface area contributed by atoms with Crippen LogP contribution >= 0.6 is 0 Å². The van der Waals surface area contributed by atoms with E-state index in [2.05, 4.69) is 0 Å². The molecule has 0 aliphatic carbocycles. The fourth-order valence-corrected chi connectivity index (χ4v) is 0.900. The normalized spacial score (nSPS) is 9.73. The average Bonchev–Trinajstić information content (AvgIpc) is 1.99. The Morgan fingerprint density at radius 1 is 1.45 bits per heavy atom. The van der Waals surface area contributed by atoms with Crippen molar-refractivity contribution < 1.29 is 9.13 Å². The molecule has 0 aliphatic rings. The van der Waals surface area contributed by atoms with E-state index in [1.54, 1.807) is 19.1 Å². The molecule has 0 heterocycles. The Kier molecular flexibility index (Phi) is 2.47. The molecule has 1 rings (SSSR count). The van der Waals surface area contributed by atoms with Crippen LogP contribution in [0.3, 0.4) is 0 Å². The second-order valence-corrected chi connectivity index (χ2v) is 2.30. The summed E-state index contributed by atoms with van der Waals surface area (Å²) in [5, 5.41) is 0. The molecule has 0 aliphatic heterocycles. The van der Waals surface area contributed by atoms with Gasteiger partial charge in [-0.3, -0.25) is 0 Å². The van der Waals surface area contributed by atoms with E-state index in [0.717, 1.165) is 0 Å². The lowest BCUT2D eigenvalue weighted by molar-refractivity contribution is 0.335. The lowest BCUT2D eigenvalue weighted by Gasteiger charge is -2.05. The Labute approximate surface area is 65.8 Å². The van der Waals surface area contributed by atoms with E-state index in [0.29, 0.717) is 17.9 Å². The minimum absolute atomic E-state index is 0.212. The van der Waals surface area contributed by atoms with Crippen molar-refractivity contribution in [1.82, 2.24) is 0 Å². The SMILES string of the molecule is CCOc1cccc(F)c1C. The molecule has 11 heavy (non-hydrogen) atoms. The van der Waals surface area contributed by atoms with Crippen LogP contribution in [0.15, 0.2) is 18.2 Å². The number of rotatable bonds is 2. The molecular weight excluding hydrogens is 143 g/mol. The molecule has 0 amide bonds. The molecule has 1 aromatic carbocycles. The van der Waals surface area contributed by atoms with Gasteiger partial charge in [-0.05, 0) is 26.0 Å². The van der Waals surface area contributed by atoms with Crippen molar-refractivity contribution in [3.05, 3.63) is 29.6 Å². The second kappa shape index (κ2) is 3.37. The molecule has 1 nitrogen and oxygen atoms in total. The second-order valence-electron chi connectivity index (χ2n) is 2.30. The lowest BCUT2D eigenvalue weighted by Crippen LogP contribution is -1.95. The van der Waals surface area contributed by atoms with Gasteiger partial charge >= 0.3 is 0 Å². The van der Waals surface area contributed by atoms with Crippen molar-refractivity contribution in [3.8, 4) is 5.75 Å². The van der Waals surface area contributed by atoms with E-state index in [9.17, 15) is 4.39 Å². The number of benzene rings is 1. The average molecular weight is 154 g/mol. The predicted molar refractivity (Wildman–Crippen MR) is 42.3 cm³/mol. The fraction of sp³-hybridized carbons (Fsp3) is 0.333. The summed E-state index contributed by atoms with van der Waals surface area (Å²) in [5.74, 6) is 0.420. The molecule has 0 radical (unpaired) electrons. The van der Waals surface area contributed by atoms with Crippen LogP contribution in [0.25, 0.3) is 0 Å². The van der Waals surface area contributed by atoms with Gasteiger partial charge < -0.3 is 4.74 Å². The highest BCUT2D eigenvalue weighted by molar-refractivity contribution is 5.33. The van der Waals surface area contributed by atoms with Gasteiger partial charge in [0.05, 0.1) is 6.61 Å². The van der Waals surface area contributed by atoms with Crippen molar-refractivity contribution in [2.45, 2.75) is 13.8 Å². The highest BCUT2D eigenvalue weighted by Gasteiger charge is 2.01. The maximum absolute atomic E-state index is 12.8. The van der Waals surface area contributed by atoms with Crippen LogP contribution in [0.5, 0.6) is 5.75 Å². The first-order chi connectivity index (χ1) is 5.25. The summed E-state index contributed by atoms with van der Waals surface area (Å²) in [6, 6.07) is 4.84. The highest BCUT2D eigenvalue weighted by Crippen LogP contribution is 2.19. The summed E-state index contributed by atoms with van der Waals surface area (Å²) >= 11 is 0. The number of halogens is 1. The quantitative estimate of drug-likeness (QED) is 0.636. The van der Waals surface area contributed by atoms with Gasteiger partial charge in [0.15, 0.2) is 0 Å². The van der Waals surface area contributed by atoms with E-state index < -0.39 is 0 Å². The Morgan fingerprint density at radius 3 is 2.82 bits per heavy atom. The molecule has 0 fully saturated rings. The zero-order valence-corrected chi connectivity index (χ0v) is 6.73. The molecule has 0 saturated heterocycles. The molecule has 2 heteroatoms. The Hall–Kier alpha value is -1.05. The fourth-order valence-electron chi connectivity index (χ4n) is 0.900. The monoisotopic (exact) mass is 154 g/mol. The van der Waals surface area contributed by atoms with Crippen LogP contribution in [0.4, 0.5) is 4.39 Å². The summed E-state index contributed by atoms with van der Waals surface area (Å²) in [7, 11) is 0. The topological polar surface area (TPSA) is 9.23 Å². The summed E-state index contributed by atoms with van der Waals surface area (Å²) in [5.41, 5.74) is 0.578. The molecule has 0 N–H and O–H groups in total. The maximum Gasteiger partial charge on any atom is 0.129 e. The molecule has 0 spiro atoms. The van der Waals surface area contributed by atoms with Gasteiger partial charge in [0.25, 0.3) is 0 Å². The molecule has 1 aromatic rings. The number of hydrogen-bond acceptors (Lipinski definition) is 1. The molecule has 60 valence electrons. The van der Waals surface area contributed by atoms with Gasteiger partial charge in [-0.25, -0.2) is 4.39 Å². The summed E-state index contributed by atoms with van der Waals surface area (Å²) in [6.45, 7) is 4.16. The maximum atomic E-state index is 12.8. The first-order valence-corrected chi connectivity index (χ1v) is 3.63. The van der Waals surface area contributed by atoms with Gasteiger partial charge in [0.2, 0.25) is 0 Å². The first-order valence-electron chi connectivity index (χ1n) is 3.63. The van der Waals surface area contributed by atoms with Crippen LogP contribution < -0.4 is 4.74 Å². The number of ether oxygens (including phenoxy) is 1. The van der Waals surface area contributed by atoms with Crippen molar-refractivity contribution in [3.63, 3.8) is 0 Å². The molecular formula is C9H11FO. The van der Waals surface area contributed by atoms with E-state index in [1.165, 1.54) is 6.07 Å². The van der Waals surface area contributed by atoms with Gasteiger partial charge in [0.1, 0.15) is 11.6 Å². The van der Waals surface area contributed by atoms with E-state index in [1.807, 2.05) is 6.92 Å². The third kappa shape index (κ3) is 1.70. The molecule has 0 atom stereocenters. The van der Waals surface area contributed by atoms with Gasteiger partial charge in [-0.1, -0.05) is 6.07 Å². The zero-order chi connectivity index (χ0) is 8.27. The molecule has 0 bridgehead atoms. The van der Waals surface area contributed by atoms with Crippen LogP contribution in [-0.2, 0) is 0 Å². The lowest BCUT2D eigenvalue weighted by atomic mass is 10.2. The largest absolute Gasteiger partial charge is 0.494 e. The molecule has 0 unspecified atom stereocenters. The number of hydrogen-bond donors (Lipinski definition) is 0. The summed E-state index contributed by atoms with van der Waals surface area (Å²) in [4.78, 5) is 0. The molecule has 0 aromatic heterocycles. The summed E-state index contributed by atoms with van der Waals surface area (Å²) in [6.07, 6.45) is 0. The zero-order valence-electron chi connectivity index (χ0n) is 6.73. The van der Waals surface area contributed by atoms with E-state index in [-0.39, 0.29) is 5.82 Å². The van der Waals surface area contributed by atoms with Crippen molar-refractivity contribution in [2.75, 3.05) is 6.61 Å². The van der Waals surface area contributed by atoms with Crippen molar-refractivity contribution in [1.29, 1.82) is 0 Å². The van der Waals surface area contributed by atoms with Crippen LogP contribution in [0.2, 0.25) is 0 Å². The van der Waals surface area contributed by atoms with E-state index >= 15 is 0 Å². The summed E-state index contributed by atoms with van der Waals surface area (Å²) < 4.78 is 18.0. The minimum atomic E-state index is -0.212. The predicted octanol–water partition coefficient (Wildman–Crippen LogP) is 2.53. The standard InChI is InChI=1S/C9H11FO/c1-3-11-9-6-4-5-8(10)7(9)2/h4-6H,3H2,1-2H3. The van der Waals surface area contributed by atoms with E-state index in [4.69, 9.17) is 4.74 Å². The smallest absolute Gasteiger partial charge is 0.129 e. The van der Waals surface area contributed by atoms with Gasteiger partial charge in [0, 0.05) is 5.56 Å². The van der Waals surface area contributed by atoms with Crippen molar-refractivity contribution >= 4 is 0 Å². The van der Waals surface area contributed by atoms with Gasteiger partial charge in [-0.15, -0.1) is 0 Å². The third-order valence-corrected chi connectivity index (χ3v) is 1.52. The third-order valence-electron chi connectivity index (χ3n) is 1.52. The van der Waals surface area contributed by atoms with Crippen LogP contribution in [0, 0.1) is 12.7 Å². The minimum Gasteiger partial charge on any atom is -0.494 e.